The second kappa shape index (κ2) is 5.25. The van der Waals surface area contributed by atoms with Crippen molar-refractivity contribution in [1.29, 1.82) is 0 Å². The molecule has 1 unspecified atom stereocenters. The number of rotatable bonds is 4. The zero-order valence-corrected chi connectivity index (χ0v) is 10.7. The van der Waals surface area contributed by atoms with Gasteiger partial charge in [0.1, 0.15) is 0 Å². The van der Waals surface area contributed by atoms with Crippen molar-refractivity contribution in [3.63, 3.8) is 0 Å². The largest absolute Gasteiger partial charge is 0.381 e. The summed E-state index contributed by atoms with van der Waals surface area (Å²) in [4.78, 5) is 5.69. The summed E-state index contributed by atoms with van der Waals surface area (Å²) in [6.07, 6.45) is 4.59. The first-order chi connectivity index (χ1) is 7.76. The maximum atomic E-state index is 5.92. The molecule has 1 atom stereocenters. The van der Waals surface area contributed by atoms with Gasteiger partial charge in [0.25, 0.3) is 0 Å². The number of aryl methyl sites for hydroxylation is 2. The third-order valence-electron chi connectivity index (χ3n) is 3.56. The van der Waals surface area contributed by atoms with Gasteiger partial charge in [0.05, 0.1) is 17.8 Å². The molecule has 1 aliphatic heterocycles. The van der Waals surface area contributed by atoms with E-state index in [0.29, 0.717) is 0 Å². The van der Waals surface area contributed by atoms with Crippen LogP contribution in [0.1, 0.15) is 29.8 Å². The molecule has 1 aromatic rings. The predicted molar refractivity (Wildman–Crippen MR) is 66.7 cm³/mol. The zero-order valence-electron chi connectivity index (χ0n) is 9.87. The molecule has 1 saturated heterocycles. The van der Waals surface area contributed by atoms with E-state index in [4.69, 9.17) is 10.5 Å². The quantitative estimate of drug-likeness (QED) is 0.877. The van der Waals surface area contributed by atoms with Crippen molar-refractivity contribution in [3.05, 3.63) is 16.1 Å². The van der Waals surface area contributed by atoms with Gasteiger partial charge in [-0.3, -0.25) is 0 Å². The molecule has 3 nitrogen and oxygen atoms in total. The summed E-state index contributed by atoms with van der Waals surface area (Å²) in [6, 6.07) is 0. The Morgan fingerprint density at radius 3 is 3.06 bits per heavy atom. The zero-order chi connectivity index (χ0) is 11.4. The van der Waals surface area contributed by atoms with Crippen LogP contribution in [0.5, 0.6) is 0 Å². The lowest BCUT2D eigenvalue weighted by molar-refractivity contribution is -0.00718. The first-order valence-corrected chi connectivity index (χ1v) is 6.80. The van der Waals surface area contributed by atoms with Gasteiger partial charge in [-0.1, -0.05) is 0 Å². The van der Waals surface area contributed by atoms with Gasteiger partial charge < -0.3 is 10.5 Å². The average molecular weight is 240 g/mol. The summed E-state index contributed by atoms with van der Waals surface area (Å²) in [5.74, 6) is 0. The summed E-state index contributed by atoms with van der Waals surface area (Å²) < 4.78 is 5.58. The summed E-state index contributed by atoms with van der Waals surface area (Å²) in [5, 5.41) is 0. The molecule has 0 saturated carbocycles. The molecule has 1 aromatic heterocycles. The lowest BCUT2D eigenvalue weighted by atomic mass is 9.78. The van der Waals surface area contributed by atoms with Gasteiger partial charge in [-0.25, -0.2) is 4.98 Å². The van der Waals surface area contributed by atoms with Crippen molar-refractivity contribution in [2.45, 2.75) is 32.6 Å². The Bertz CT molecular complexity index is 332. The summed E-state index contributed by atoms with van der Waals surface area (Å²) in [5.41, 5.74) is 9.24. The number of nitrogens with two attached hydrogens (primary N) is 1. The Balaban J connectivity index is 1.94. The van der Waals surface area contributed by atoms with E-state index in [9.17, 15) is 0 Å². The summed E-state index contributed by atoms with van der Waals surface area (Å²) in [6.45, 7) is 4.56. The molecule has 1 aliphatic rings. The first kappa shape index (κ1) is 12.0. The third kappa shape index (κ3) is 2.62. The number of nitrogens with zero attached hydrogens (tertiary/aromatic N) is 1. The molecule has 0 aromatic carbocycles. The molecule has 0 spiro atoms. The van der Waals surface area contributed by atoms with Gasteiger partial charge in [-0.15, -0.1) is 11.3 Å². The maximum Gasteiger partial charge on any atom is 0.0797 e. The molecule has 0 amide bonds. The maximum absolute atomic E-state index is 5.92. The van der Waals surface area contributed by atoms with E-state index >= 15 is 0 Å². The molecule has 90 valence electrons. The van der Waals surface area contributed by atoms with Crippen molar-refractivity contribution in [2.75, 3.05) is 19.8 Å². The second-order valence-corrected chi connectivity index (χ2v) is 5.66. The number of hydrogen-bond donors (Lipinski definition) is 1. The van der Waals surface area contributed by atoms with Crippen LogP contribution in [0.3, 0.4) is 0 Å². The molecule has 2 heterocycles. The average Bonchev–Trinajstić information content (AvgIpc) is 2.74. The number of thiazole rings is 1. The number of ether oxygens (including phenoxy) is 1. The molecule has 1 fully saturated rings. The number of hydrogen-bond acceptors (Lipinski definition) is 4. The second-order valence-electron chi connectivity index (χ2n) is 4.72. The normalized spacial score (nSPS) is 25.9. The van der Waals surface area contributed by atoms with Crippen LogP contribution in [0, 0.1) is 12.3 Å². The minimum atomic E-state index is 0.217. The Kier molecular flexibility index (Phi) is 3.95. The van der Waals surface area contributed by atoms with Gasteiger partial charge in [0, 0.05) is 23.4 Å². The Hall–Kier alpha value is -0.450. The molecule has 16 heavy (non-hydrogen) atoms. The van der Waals surface area contributed by atoms with Crippen LogP contribution >= 0.6 is 11.3 Å². The van der Waals surface area contributed by atoms with E-state index in [-0.39, 0.29) is 5.41 Å². The van der Waals surface area contributed by atoms with Crippen LogP contribution in [0.15, 0.2) is 5.51 Å². The van der Waals surface area contributed by atoms with Crippen LogP contribution < -0.4 is 5.73 Å². The SMILES string of the molecule is Cc1ncsc1CCC1(CN)CCCOC1. The smallest absolute Gasteiger partial charge is 0.0797 e. The van der Waals surface area contributed by atoms with E-state index in [1.165, 1.54) is 17.0 Å². The molecule has 0 radical (unpaired) electrons. The first-order valence-electron chi connectivity index (χ1n) is 5.92. The van der Waals surface area contributed by atoms with Crippen LogP contribution in [0.4, 0.5) is 0 Å². The molecule has 0 bridgehead atoms. The fraction of sp³-hybridized carbons (Fsp3) is 0.750. The highest BCUT2D eigenvalue weighted by Crippen LogP contribution is 2.33. The minimum Gasteiger partial charge on any atom is -0.381 e. The minimum absolute atomic E-state index is 0.217. The molecule has 2 rings (SSSR count). The van der Waals surface area contributed by atoms with Crippen LogP contribution in [0.25, 0.3) is 0 Å². The van der Waals surface area contributed by atoms with Gasteiger partial charge in [0.15, 0.2) is 0 Å². The highest BCUT2D eigenvalue weighted by molar-refractivity contribution is 7.09. The highest BCUT2D eigenvalue weighted by Gasteiger charge is 2.31. The van der Waals surface area contributed by atoms with Crippen molar-refractivity contribution in [1.82, 2.24) is 4.98 Å². The van der Waals surface area contributed by atoms with E-state index < -0.39 is 0 Å². The van der Waals surface area contributed by atoms with Gasteiger partial charge >= 0.3 is 0 Å². The standard InChI is InChI=1S/C12H20N2OS/c1-10-11(16-9-14-10)3-5-12(7-13)4-2-6-15-8-12/h9H,2-8,13H2,1H3. The lowest BCUT2D eigenvalue weighted by Crippen LogP contribution is -2.39. The van der Waals surface area contributed by atoms with Crippen LogP contribution in [-0.2, 0) is 11.2 Å². The fourth-order valence-corrected chi connectivity index (χ4v) is 3.10. The molecule has 4 heteroatoms. The van der Waals surface area contributed by atoms with Crippen molar-refractivity contribution in [2.24, 2.45) is 11.1 Å². The van der Waals surface area contributed by atoms with Crippen molar-refractivity contribution >= 4 is 11.3 Å². The molecule has 2 N–H and O–H groups in total. The summed E-state index contributed by atoms with van der Waals surface area (Å²) in [7, 11) is 0. The van der Waals surface area contributed by atoms with Gasteiger partial charge in [-0.05, 0) is 32.6 Å². The van der Waals surface area contributed by atoms with Crippen LogP contribution in [-0.4, -0.2) is 24.7 Å². The topological polar surface area (TPSA) is 48.1 Å². The fourth-order valence-electron chi connectivity index (χ4n) is 2.32. The predicted octanol–water partition coefficient (Wildman–Crippen LogP) is 2.14. The van der Waals surface area contributed by atoms with Crippen molar-refractivity contribution in [3.8, 4) is 0 Å². The highest BCUT2D eigenvalue weighted by atomic mass is 32.1. The van der Waals surface area contributed by atoms with E-state index in [0.717, 1.165) is 39.0 Å². The molecular weight excluding hydrogens is 220 g/mol. The van der Waals surface area contributed by atoms with E-state index in [1.54, 1.807) is 11.3 Å². The number of aromatic nitrogens is 1. The Morgan fingerprint density at radius 1 is 1.62 bits per heavy atom. The third-order valence-corrected chi connectivity index (χ3v) is 4.56. The lowest BCUT2D eigenvalue weighted by Gasteiger charge is -2.36. The van der Waals surface area contributed by atoms with Crippen LogP contribution in [0.2, 0.25) is 0 Å². The van der Waals surface area contributed by atoms with Gasteiger partial charge in [-0.2, -0.15) is 0 Å². The van der Waals surface area contributed by atoms with E-state index in [2.05, 4.69) is 11.9 Å². The summed E-state index contributed by atoms with van der Waals surface area (Å²) >= 11 is 1.75. The Labute approximate surface area is 101 Å². The van der Waals surface area contributed by atoms with Gasteiger partial charge in [0.2, 0.25) is 0 Å². The van der Waals surface area contributed by atoms with Crippen molar-refractivity contribution < 1.29 is 4.74 Å². The monoisotopic (exact) mass is 240 g/mol. The van der Waals surface area contributed by atoms with E-state index in [1.807, 2.05) is 5.51 Å². The Morgan fingerprint density at radius 2 is 2.50 bits per heavy atom. The molecular formula is C12H20N2OS. The molecule has 0 aliphatic carbocycles.